The topological polar surface area (TPSA) is 12.0 Å². The zero-order valence-corrected chi connectivity index (χ0v) is 10.7. The average molecular weight is 209 g/mol. The van der Waals surface area contributed by atoms with E-state index in [0.29, 0.717) is 10.8 Å². The fourth-order valence-corrected chi connectivity index (χ4v) is 4.37. The van der Waals surface area contributed by atoms with Crippen molar-refractivity contribution in [3.63, 3.8) is 0 Å². The van der Waals surface area contributed by atoms with Crippen LogP contribution in [0, 0.1) is 16.7 Å². The van der Waals surface area contributed by atoms with Gasteiger partial charge in [-0.05, 0) is 55.5 Å². The van der Waals surface area contributed by atoms with Gasteiger partial charge in [0.2, 0.25) is 0 Å². The lowest BCUT2D eigenvalue weighted by Gasteiger charge is -2.51. The van der Waals surface area contributed by atoms with E-state index in [1.165, 1.54) is 51.6 Å². The van der Waals surface area contributed by atoms with E-state index in [2.05, 4.69) is 26.1 Å². The summed E-state index contributed by atoms with van der Waals surface area (Å²) in [4.78, 5) is 0. The molecule has 1 aliphatic heterocycles. The highest BCUT2D eigenvalue weighted by molar-refractivity contribution is 5.04. The van der Waals surface area contributed by atoms with Gasteiger partial charge in [-0.15, -0.1) is 0 Å². The third kappa shape index (κ3) is 1.73. The molecule has 1 nitrogen and oxygen atoms in total. The molecule has 0 bridgehead atoms. The monoisotopic (exact) mass is 209 g/mol. The van der Waals surface area contributed by atoms with Crippen LogP contribution in [0.5, 0.6) is 0 Å². The molecule has 0 aromatic heterocycles. The summed E-state index contributed by atoms with van der Waals surface area (Å²) in [5.41, 5.74) is 1.27. The van der Waals surface area contributed by atoms with Crippen LogP contribution in [0.25, 0.3) is 0 Å². The van der Waals surface area contributed by atoms with Gasteiger partial charge in [-0.3, -0.25) is 0 Å². The standard InChI is InChI=1S/C14H27N/c1-4-6-12-11-15-10-9-14(12)8-5-7-13(14,2)3/h12,15H,4-11H2,1-3H3. The van der Waals surface area contributed by atoms with Gasteiger partial charge in [0.1, 0.15) is 0 Å². The Kier molecular flexibility index (Phi) is 3.12. The average Bonchev–Trinajstić information content (AvgIpc) is 2.48. The van der Waals surface area contributed by atoms with E-state index < -0.39 is 0 Å². The van der Waals surface area contributed by atoms with Crippen LogP contribution in [-0.4, -0.2) is 13.1 Å². The van der Waals surface area contributed by atoms with Crippen molar-refractivity contribution in [2.45, 2.75) is 59.3 Å². The van der Waals surface area contributed by atoms with Crippen LogP contribution in [-0.2, 0) is 0 Å². The zero-order chi connectivity index (χ0) is 10.9. The third-order valence-corrected chi connectivity index (χ3v) is 5.33. The van der Waals surface area contributed by atoms with Crippen LogP contribution < -0.4 is 5.32 Å². The third-order valence-electron chi connectivity index (χ3n) is 5.33. The van der Waals surface area contributed by atoms with Gasteiger partial charge >= 0.3 is 0 Å². The van der Waals surface area contributed by atoms with Gasteiger partial charge in [0.15, 0.2) is 0 Å². The lowest BCUT2D eigenvalue weighted by atomic mass is 9.57. The number of piperidine rings is 1. The smallest absolute Gasteiger partial charge is 0.00150 e. The van der Waals surface area contributed by atoms with Gasteiger partial charge in [0.05, 0.1) is 0 Å². The first-order valence-corrected chi connectivity index (χ1v) is 6.83. The quantitative estimate of drug-likeness (QED) is 0.733. The molecule has 0 amide bonds. The zero-order valence-electron chi connectivity index (χ0n) is 10.7. The van der Waals surface area contributed by atoms with E-state index in [4.69, 9.17) is 0 Å². The molecule has 2 rings (SSSR count). The molecule has 1 saturated carbocycles. The van der Waals surface area contributed by atoms with Crippen molar-refractivity contribution in [1.82, 2.24) is 5.32 Å². The molecule has 1 N–H and O–H groups in total. The molecule has 88 valence electrons. The Hall–Kier alpha value is -0.0400. The summed E-state index contributed by atoms with van der Waals surface area (Å²) >= 11 is 0. The van der Waals surface area contributed by atoms with E-state index in [0.717, 1.165) is 5.92 Å². The number of hydrogen-bond acceptors (Lipinski definition) is 1. The number of hydrogen-bond donors (Lipinski definition) is 1. The molecule has 2 aliphatic rings. The predicted molar refractivity (Wildman–Crippen MR) is 65.9 cm³/mol. The molecule has 0 aromatic carbocycles. The highest BCUT2D eigenvalue weighted by Gasteiger charge is 2.53. The molecular weight excluding hydrogens is 182 g/mol. The van der Waals surface area contributed by atoms with Gasteiger partial charge in [-0.1, -0.05) is 33.6 Å². The van der Waals surface area contributed by atoms with Crippen LogP contribution in [0.2, 0.25) is 0 Å². The molecule has 0 aromatic rings. The summed E-state index contributed by atoms with van der Waals surface area (Å²) in [6.07, 6.45) is 8.61. The van der Waals surface area contributed by atoms with Crippen molar-refractivity contribution < 1.29 is 0 Å². The van der Waals surface area contributed by atoms with E-state index in [1.807, 2.05) is 0 Å². The van der Waals surface area contributed by atoms with Crippen LogP contribution in [0.3, 0.4) is 0 Å². The summed E-state index contributed by atoms with van der Waals surface area (Å²) in [5.74, 6) is 0.939. The Morgan fingerprint density at radius 3 is 2.60 bits per heavy atom. The Morgan fingerprint density at radius 2 is 2.00 bits per heavy atom. The van der Waals surface area contributed by atoms with Gasteiger partial charge in [-0.25, -0.2) is 0 Å². The SMILES string of the molecule is CCCC1CNCCC12CCCC2(C)C. The summed E-state index contributed by atoms with van der Waals surface area (Å²) in [7, 11) is 0. The van der Waals surface area contributed by atoms with Crippen molar-refractivity contribution >= 4 is 0 Å². The Morgan fingerprint density at radius 1 is 1.20 bits per heavy atom. The maximum atomic E-state index is 3.61. The van der Waals surface area contributed by atoms with Crippen LogP contribution in [0.1, 0.15) is 59.3 Å². The first-order valence-electron chi connectivity index (χ1n) is 6.83. The Balaban J connectivity index is 2.21. The van der Waals surface area contributed by atoms with Gasteiger partial charge in [-0.2, -0.15) is 0 Å². The van der Waals surface area contributed by atoms with Crippen molar-refractivity contribution in [3.05, 3.63) is 0 Å². The molecule has 1 heterocycles. The highest BCUT2D eigenvalue weighted by Crippen LogP contribution is 2.60. The lowest BCUT2D eigenvalue weighted by Crippen LogP contribution is -2.50. The number of nitrogens with one attached hydrogen (secondary N) is 1. The summed E-state index contributed by atoms with van der Waals surface area (Å²) in [6.45, 7) is 9.91. The van der Waals surface area contributed by atoms with E-state index in [9.17, 15) is 0 Å². The highest BCUT2D eigenvalue weighted by atomic mass is 14.9. The molecule has 0 radical (unpaired) electrons. The fraction of sp³-hybridized carbons (Fsp3) is 1.00. The largest absolute Gasteiger partial charge is 0.316 e. The first-order chi connectivity index (χ1) is 7.12. The van der Waals surface area contributed by atoms with E-state index in [-0.39, 0.29) is 0 Å². The number of rotatable bonds is 2. The summed E-state index contributed by atoms with van der Waals surface area (Å²) in [5, 5.41) is 3.61. The van der Waals surface area contributed by atoms with Gasteiger partial charge < -0.3 is 5.32 Å². The fourth-order valence-electron chi connectivity index (χ4n) is 4.37. The summed E-state index contributed by atoms with van der Waals surface area (Å²) in [6, 6.07) is 0. The van der Waals surface area contributed by atoms with Crippen molar-refractivity contribution in [3.8, 4) is 0 Å². The Bertz CT molecular complexity index is 219. The van der Waals surface area contributed by atoms with Crippen molar-refractivity contribution in [1.29, 1.82) is 0 Å². The minimum absolute atomic E-state index is 0.592. The second-order valence-corrected chi connectivity index (χ2v) is 6.33. The van der Waals surface area contributed by atoms with Crippen molar-refractivity contribution in [2.75, 3.05) is 13.1 Å². The maximum absolute atomic E-state index is 3.61. The minimum atomic E-state index is 0.592. The lowest BCUT2D eigenvalue weighted by molar-refractivity contribution is -0.0000122. The molecule has 1 spiro atoms. The van der Waals surface area contributed by atoms with Crippen LogP contribution in [0.15, 0.2) is 0 Å². The predicted octanol–water partition coefficient (Wildman–Crippen LogP) is 3.59. The molecule has 2 unspecified atom stereocenters. The first kappa shape index (κ1) is 11.4. The van der Waals surface area contributed by atoms with Gasteiger partial charge in [0, 0.05) is 0 Å². The van der Waals surface area contributed by atoms with Crippen LogP contribution >= 0.6 is 0 Å². The molecule has 15 heavy (non-hydrogen) atoms. The molecule has 1 heteroatoms. The molecule has 1 aliphatic carbocycles. The minimum Gasteiger partial charge on any atom is -0.316 e. The van der Waals surface area contributed by atoms with E-state index in [1.54, 1.807) is 0 Å². The van der Waals surface area contributed by atoms with Gasteiger partial charge in [0.25, 0.3) is 0 Å². The summed E-state index contributed by atoms with van der Waals surface area (Å²) < 4.78 is 0. The second kappa shape index (κ2) is 4.08. The normalized spacial score (nSPS) is 39.8. The maximum Gasteiger partial charge on any atom is -0.00150 e. The molecule has 2 atom stereocenters. The molecule has 1 saturated heterocycles. The second-order valence-electron chi connectivity index (χ2n) is 6.33. The van der Waals surface area contributed by atoms with Crippen molar-refractivity contribution in [2.24, 2.45) is 16.7 Å². The molecule has 2 fully saturated rings. The van der Waals surface area contributed by atoms with E-state index >= 15 is 0 Å². The van der Waals surface area contributed by atoms with Crippen LogP contribution in [0.4, 0.5) is 0 Å². The molecular formula is C14H27N. The Labute approximate surface area is 95.0 Å².